The van der Waals surface area contributed by atoms with Gasteiger partial charge in [0.05, 0.1) is 84.5 Å². The third kappa shape index (κ3) is 35.0. The van der Waals surface area contributed by atoms with E-state index in [9.17, 15) is 19.2 Å². The second-order valence-electron chi connectivity index (χ2n) is 18.5. The summed E-state index contributed by atoms with van der Waals surface area (Å²) < 4.78 is 32.6. The standard InChI is InChI=1S/C44H85N7O11Si2/c1-36(40(55)61-32-34-63(3,4)5)15-17-38(53)14-10-9-11-20-46-42-49-43(51-44(50-42)48-22-24-57-26-28-59-30-31-60-29-27-58-25-23-52)47-21-13-12-19-45-39(54)18-16-37(2)41(56)62-33-35-64(6,7)8/h36-37,52H,9-35H2,1-8H3,(H,45,54)(H3,46,47,48,49,50,51)/t36-,37-/m0/s1. The molecule has 0 bridgehead atoms. The fraction of sp³-hybridized carbons (Fsp3) is 0.841. The molecule has 2 atom stereocenters. The van der Waals surface area contributed by atoms with Gasteiger partial charge in [-0.3, -0.25) is 19.2 Å². The Balaban J connectivity index is 2.49. The maximum Gasteiger partial charge on any atom is 0.308 e. The van der Waals surface area contributed by atoms with Crippen LogP contribution in [0.2, 0.25) is 51.4 Å². The Morgan fingerprint density at radius 2 is 0.938 bits per heavy atom. The molecule has 0 aliphatic carbocycles. The first-order chi connectivity index (χ1) is 30.5. The number of aromatic nitrogens is 3. The van der Waals surface area contributed by atoms with Gasteiger partial charge in [0.25, 0.3) is 0 Å². The highest BCUT2D eigenvalue weighted by Crippen LogP contribution is 2.15. The van der Waals surface area contributed by atoms with Gasteiger partial charge in [0, 0.05) is 61.6 Å². The van der Waals surface area contributed by atoms with Crippen LogP contribution in [0.1, 0.15) is 78.1 Å². The second kappa shape index (κ2) is 35.9. The minimum absolute atomic E-state index is 0.00504. The molecule has 1 rings (SSSR count). The predicted octanol–water partition coefficient (Wildman–Crippen LogP) is 5.79. The Morgan fingerprint density at radius 1 is 0.516 bits per heavy atom. The summed E-state index contributed by atoms with van der Waals surface area (Å²) in [5, 5.41) is 21.4. The van der Waals surface area contributed by atoms with Gasteiger partial charge in [-0.2, -0.15) is 15.0 Å². The summed E-state index contributed by atoms with van der Waals surface area (Å²) in [6.45, 7) is 23.5. The Labute approximate surface area is 385 Å². The molecule has 18 nitrogen and oxygen atoms in total. The molecule has 1 aromatic rings. The van der Waals surface area contributed by atoms with Crippen LogP contribution in [0.3, 0.4) is 0 Å². The van der Waals surface area contributed by atoms with E-state index in [1.165, 1.54) is 0 Å². The van der Waals surface area contributed by atoms with E-state index in [4.69, 9.17) is 33.5 Å². The van der Waals surface area contributed by atoms with Crippen molar-refractivity contribution >= 4 is 57.6 Å². The number of hydrogen-bond acceptors (Lipinski definition) is 17. The number of amides is 1. The predicted molar refractivity (Wildman–Crippen MR) is 256 cm³/mol. The fourth-order valence-corrected chi connectivity index (χ4v) is 6.98. The number of nitrogens with zero attached hydrogens (tertiary/aromatic N) is 3. The molecule has 0 aliphatic rings. The molecule has 1 aromatic heterocycles. The Kier molecular flexibility index (Phi) is 33.0. The number of aliphatic hydroxyl groups excluding tert-OH is 1. The van der Waals surface area contributed by atoms with Crippen molar-refractivity contribution in [3.8, 4) is 0 Å². The second-order valence-corrected chi connectivity index (χ2v) is 29.7. The lowest BCUT2D eigenvalue weighted by Gasteiger charge is -2.17. The zero-order chi connectivity index (χ0) is 47.5. The molecule has 0 fully saturated rings. The van der Waals surface area contributed by atoms with E-state index in [2.05, 4.69) is 75.5 Å². The monoisotopic (exact) mass is 944 g/mol. The summed E-state index contributed by atoms with van der Waals surface area (Å²) in [6, 6.07) is 1.86. The van der Waals surface area contributed by atoms with E-state index in [0.717, 1.165) is 44.2 Å². The van der Waals surface area contributed by atoms with Crippen molar-refractivity contribution in [1.29, 1.82) is 0 Å². The quantitative estimate of drug-likeness (QED) is 0.0297. The van der Waals surface area contributed by atoms with Crippen molar-refractivity contribution in [2.24, 2.45) is 11.8 Å². The first-order valence-electron chi connectivity index (χ1n) is 23.5. The molecule has 0 saturated heterocycles. The van der Waals surface area contributed by atoms with Gasteiger partial charge in [-0.15, -0.1) is 0 Å². The summed E-state index contributed by atoms with van der Waals surface area (Å²) in [4.78, 5) is 63.1. The SMILES string of the molecule is C[C@@H](CCC(=O)CCCCCNc1nc(NCCCCNC(=O)CC[C@H](C)C(=O)OCC[Si](C)(C)C)nc(NCCOCCOCCOCCOCCO)n1)C(=O)OCC[Si](C)(C)C. The number of aliphatic hydroxyl groups is 1. The average Bonchev–Trinajstić information content (AvgIpc) is 3.23. The normalized spacial score (nSPS) is 12.6. The maximum atomic E-state index is 12.5. The summed E-state index contributed by atoms with van der Waals surface area (Å²) in [7, 11) is -2.55. The van der Waals surface area contributed by atoms with E-state index in [1.54, 1.807) is 6.92 Å². The summed E-state index contributed by atoms with van der Waals surface area (Å²) in [5.74, 6) is 0.236. The Morgan fingerprint density at radius 3 is 1.42 bits per heavy atom. The van der Waals surface area contributed by atoms with Crippen LogP contribution in [0, 0.1) is 11.8 Å². The number of ether oxygens (including phenoxy) is 6. The number of rotatable bonds is 42. The van der Waals surface area contributed by atoms with Gasteiger partial charge in [-0.05, 0) is 50.6 Å². The summed E-state index contributed by atoms with van der Waals surface area (Å²) in [5.41, 5.74) is 0. The van der Waals surface area contributed by atoms with Crippen molar-refractivity contribution in [2.45, 2.75) is 129 Å². The van der Waals surface area contributed by atoms with E-state index < -0.39 is 16.1 Å². The molecule has 1 heterocycles. The average molecular weight is 944 g/mol. The molecule has 20 heteroatoms. The van der Waals surface area contributed by atoms with Gasteiger partial charge in [0.1, 0.15) is 5.78 Å². The number of esters is 2. The largest absolute Gasteiger partial charge is 0.466 e. The number of nitrogens with one attached hydrogen (secondary N) is 4. The van der Waals surface area contributed by atoms with Gasteiger partial charge >= 0.3 is 11.9 Å². The maximum absolute atomic E-state index is 12.5. The van der Waals surface area contributed by atoms with Crippen LogP contribution < -0.4 is 21.3 Å². The van der Waals surface area contributed by atoms with Crippen LogP contribution in [0.5, 0.6) is 0 Å². The van der Waals surface area contributed by atoms with Crippen molar-refractivity contribution in [2.75, 3.05) is 115 Å². The molecular formula is C44H85N7O11Si2. The number of Topliss-reactive ketones (excluding diaryl/α,β-unsaturated/α-hetero) is 1. The fourth-order valence-electron chi connectivity index (χ4n) is 5.55. The van der Waals surface area contributed by atoms with Crippen molar-refractivity contribution < 1.29 is 52.7 Å². The molecule has 0 saturated carbocycles. The van der Waals surface area contributed by atoms with E-state index >= 15 is 0 Å². The minimum Gasteiger partial charge on any atom is -0.466 e. The van der Waals surface area contributed by atoms with E-state index in [1.807, 2.05) is 6.92 Å². The van der Waals surface area contributed by atoms with Crippen molar-refractivity contribution in [3.63, 3.8) is 0 Å². The smallest absolute Gasteiger partial charge is 0.308 e. The number of ketones is 1. The molecular weight excluding hydrogens is 859 g/mol. The lowest BCUT2D eigenvalue weighted by atomic mass is 10.0. The van der Waals surface area contributed by atoms with Gasteiger partial charge < -0.3 is 54.8 Å². The molecule has 0 aliphatic heterocycles. The van der Waals surface area contributed by atoms with Crippen molar-refractivity contribution in [3.05, 3.63) is 0 Å². The molecule has 0 radical (unpaired) electrons. The summed E-state index contributed by atoms with van der Waals surface area (Å²) >= 11 is 0. The summed E-state index contributed by atoms with van der Waals surface area (Å²) in [6.07, 6.45) is 6.03. The lowest BCUT2D eigenvalue weighted by Crippen LogP contribution is -2.27. The highest BCUT2D eigenvalue weighted by Gasteiger charge is 2.20. The van der Waals surface area contributed by atoms with Gasteiger partial charge in [-0.25, -0.2) is 0 Å². The first-order valence-corrected chi connectivity index (χ1v) is 30.9. The van der Waals surface area contributed by atoms with Crippen LogP contribution in [-0.4, -0.2) is 159 Å². The molecule has 64 heavy (non-hydrogen) atoms. The molecule has 0 aromatic carbocycles. The van der Waals surface area contributed by atoms with E-state index in [0.29, 0.717) is 136 Å². The highest BCUT2D eigenvalue weighted by molar-refractivity contribution is 6.76. The molecule has 5 N–H and O–H groups in total. The van der Waals surface area contributed by atoms with Crippen LogP contribution in [0.15, 0.2) is 0 Å². The van der Waals surface area contributed by atoms with Crippen molar-refractivity contribution in [1.82, 2.24) is 20.3 Å². The number of carbonyl (C=O) groups excluding carboxylic acids is 4. The number of unbranched alkanes of at least 4 members (excludes halogenated alkanes) is 3. The topological polar surface area (TPSA) is 231 Å². The zero-order valence-corrected chi connectivity index (χ0v) is 42.6. The third-order valence-electron chi connectivity index (χ3n) is 9.80. The molecule has 1 amide bonds. The van der Waals surface area contributed by atoms with E-state index in [-0.39, 0.29) is 48.5 Å². The molecule has 0 unspecified atom stereocenters. The lowest BCUT2D eigenvalue weighted by molar-refractivity contribution is -0.148. The Bertz CT molecular complexity index is 1340. The minimum atomic E-state index is -1.28. The molecule has 0 spiro atoms. The van der Waals surface area contributed by atoms with Crippen LogP contribution in [-0.2, 0) is 47.6 Å². The first kappa shape index (κ1) is 58.7. The van der Waals surface area contributed by atoms with Gasteiger partial charge in [0.2, 0.25) is 23.8 Å². The van der Waals surface area contributed by atoms with Gasteiger partial charge in [0.15, 0.2) is 0 Å². The Hall–Kier alpha value is -3.28. The zero-order valence-electron chi connectivity index (χ0n) is 40.6. The number of hydrogen-bond donors (Lipinski definition) is 5. The van der Waals surface area contributed by atoms with Crippen LogP contribution in [0.25, 0.3) is 0 Å². The highest BCUT2D eigenvalue weighted by atomic mass is 28.3. The van der Waals surface area contributed by atoms with Crippen LogP contribution in [0.4, 0.5) is 17.8 Å². The molecule has 370 valence electrons. The van der Waals surface area contributed by atoms with Crippen LogP contribution >= 0.6 is 0 Å². The number of carbonyl (C=O) groups is 4. The third-order valence-corrected chi connectivity index (χ3v) is 13.2. The van der Waals surface area contributed by atoms with Gasteiger partial charge in [-0.1, -0.05) is 59.6 Å². The number of anilines is 3.